The highest BCUT2D eigenvalue weighted by Crippen LogP contribution is 2.12. The van der Waals surface area contributed by atoms with Crippen LogP contribution in [-0.2, 0) is 0 Å². The van der Waals surface area contributed by atoms with E-state index in [4.69, 9.17) is 5.11 Å². The van der Waals surface area contributed by atoms with Crippen molar-refractivity contribution in [2.24, 2.45) is 0 Å². The van der Waals surface area contributed by atoms with Gasteiger partial charge < -0.3 is 5.11 Å². The van der Waals surface area contributed by atoms with Crippen molar-refractivity contribution in [1.29, 1.82) is 0 Å². The van der Waals surface area contributed by atoms with Gasteiger partial charge in [0.2, 0.25) is 0 Å². The average Bonchev–Trinajstić information content (AvgIpc) is 2.00. The van der Waals surface area contributed by atoms with Crippen LogP contribution in [0.1, 0.15) is 32.6 Å². The van der Waals surface area contributed by atoms with E-state index < -0.39 is 12.3 Å². The van der Waals surface area contributed by atoms with Crippen molar-refractivity contribution >= 4 is 0 Å². The van der Waals surface area contributed by atoms with Crippen LogP contribution in [0.3, 0.4) is 0 Å². The lowest BCUT2D eigenvalue weighted by Gasteiger charge is -2.01. The molecule has 13 heavy (non-hydrogen) atoms. The minimum Gasteiger partial charge on any atom is -0.380 e. The van der Waals surface area contributed by atoms with Gasteiger partial charge in [0.05, 0.1) is 0 Å². The van der Waals surface area contributed by atoms with E-state index in [1.807, 2.05) is 6.92 Å². The van der Waals surface area contributed by atoms with E-state index in [9.17, 15) is 13.2 Å². The number of hydrogen-bond donors (Lipinski definition) is 1. The highest BCUT2D eigenvalue weighted by atomic mass is 19.4. The first kappa shape index (κ1) is 12.3. The van der Waals surface area contributed by atoms with Crippen LogP contribution < -0.4 is 0 Å². The van der Waals surface area contributed by atoms with Crippen LogP contribution in [0.15, 0.2) is 0 Å². The fourth-order valence-corrected chi connectivity index (χ4v) is 0.825. The topological polar surface area (TPSA) is 20.2 Å². The second-order valence-corrected chi connectivity index (χ2v) is 2.78. The van der Waals surface area contributed by atoms with E-state index in [1.54, 1.807) is 5.92 Å². The molecule has 0 aliphatic rings. The predicted molar refractivity (Wildman–Crippen MR) is 44.0 cm³/mol. The molecule has 0 aliphatic carbocycles. The summed E-state index contributed by atoms with van der Waals surface area (Å²) in [6.45, 7) is 1.98. The van der Waals surface area contributed by atoms with Crippen LogP contribution in [0.2, 0.25) is 0 Å². The Balaban J connectivity index is 3.71. The molecule has 1 atom stereocenters. The quantitative estimate of drug-likeness (QED) is 0.538. The Morgan fingerprint density at radius 1 is 1.31 bits per heavy atom. The zero-order valence-corrected chi connectivity index (χ0v) is 7.49. The zero-order chi connectivity index (χ0) is 10.3. The molecule has 0 aromatic heterocycles. The van der Waals surface area contributed by atoms with Crippen molar-refractivity contribution in [1.82, 2.24) is 0 Å². The van der Waals surface area contributed by atoms with Crippen molar-refractivity contribution in [3.8, 4) is 11.8 Å². The fourth-order valence-electron chi connectivity index (χ4n) is 0.825. The summed E-state index contributed by atoms with van der Waals surface area (Å²) in [6, 6.07) is 0. The van der Waals surface area contributed by atoms with Crippen LogP contribution in [-0.4, -0.2) is 17.4 Å². The molecule has 1 nitrogen and oxygen atoms in total. The summed E-state index contributed by atoms with van der Waals surface area (Å²) in [6.07, 6.45) is -2.73. The highest BCUT2D eigenvalue weighted by molar-refractivity contribution is 5.09. The summed E-state index contributed by atoms with van der Waals surface area (Å²) >= 11 is 0. The molecule has 1 N–H and O–H groups in total. The van der Waals surface area contributed by atoms with E-state index >= 15 is 0 Å². The maximum absolute atomic E-state index is 11.5. The number of halogens is 3. The van der Waals surface area contributed by atoms with E-state index in [1.165, 1.54) is 0 Å². The lowest BCUT2D eigenvalue weighted by Crippen LogP contribution is -2.07. The van der Waals surface area contributed by atoms with Gasteiger partial charge in [0.15, 0.2) is 0 Å². The minimum atomic E-state index is -4.49. The Bertz CT molecular complexity index is 187. The standard InChI is InChI=1S/C9H13F3O/c1-2-3-4-5-8(13)6-7-9(10,11)12/h8,13H,2-5H2,1H3. The van der Waals surface area contributed by atoms with E-state index in [-0.39, 0.29) is 0 Å². The number of aliphatic hydroxyl groups is 1. The van der Waals surface area contributed by atoms with Gasteiger partial charge in [0, 0.05) is 5.92 Å². The number of rotatable bonds is 4. The van der Waals surface area contributed by atoms with Gasteiger partial charge in [-0.3, -0.25) is 0 Å². The molecule has 0 rings (SSSR count). The monoisotopic (exact) mass is 194 g/mol. The predicted octanol–water partition coefficient (Wildman–Crippen LogP) is 2.49. The molecule has 0 aromatic rings. The molecular weight excluding hydrogens is 181 g/mol. The number of alkyl halides is 3. The number of unbranched alkanes of at least 4 members (excludes halogenated alkanes) is 2. The van der Waals surface area contributed by atoms with Gasteiger partial charge in [0.1, 0.15) is 6.10 Å². The SMILES string of the molecule is CCCCCC(O)C#CC(F)(F)F. The molecule has 4 heteroatoms. The Labute approximate surface area is 75.9 Å². The van der Waals surface area contributed by atoms with E-state index in [0.29, 0.717) is 12.8 Å². The molecule has 0 bridgehead atoms. The third kappa shape index (κ3) is 9.22. The molecule has 0 radical (unpaired) electrons. The zero-order valence-electron chi connectivity index (χ0n) is 7.49. The third-order valence-corrected chi connectivity index (χ3v) is 1.46. The van der Waals surface area contributed by atoms with Gasteiger partial charge in [0.25, 0.3) is 0 Å². The Hall–Kier alpha value is -0.690. The molecule has 0 aliphatic heterocycles. The molecule has 0 amide bonds. The van der Waals surface area contributed by atoms with Crippen molar-refractivity contribution in [3.63, 3.8) is 0 Å². The average molecular weight is 194 g/mol. The van der Waals surface area contributed by atoms with Crippen LogP contribution in [0.4, 0.5) is 13.2 Å². The molecule has 0 aromatic carbocycles. The number of hydrogen-bond acceptors (Lipinski definition) is 1. The largest absolute Gasteiger partial charge is 0.457 e. The number of aliphatic hydroxyl groups excluding tert-OH is 1. The van der Waals surface area contributed by atoms with Gasteiger partial charge in [-0.05, 0) is 12.8 Å². The highest BCUT2D eigenvalue weighted by Gasteiger charge is 2.23. The summed E-state index contributed by atoms with van der Waals surface area (Å²) in [4.78, 5) is 0. The second kappa shape index (κ2) is 5.87. The summed E-state index contributed by atoms with van der Waals surface area (Å²) in [7, 11) is 0. The smallest absolute Gasteiger partial charge is 0.380 e. The van der Waals surface area contributed by atoms with Gasteiger partial charge in [-0.1, -0.05) is 25.7 Å². The molecule has 0 saturated carbocycles. The summed E-state index contributed by atoms with van der Waals surface area (Å²) in [5.41, 5.74) is 0. The first-order valence-electron chi connectivity index (χ1n) is 4.23. The Morgan fingerprint density at radius 3 is 2.38 bits per heavy atom. The molecule has 76 valence electrons. The van der Waals surface area contributed by atoms with Gasteiger partial charge in [-0.2, -0.15) is 13.2 Å². The van der Waals surface area contributed by atoms with Crippen LogP contribution in [0.25, 0.3) is 0 Å². The maximum Gasteiger partial charge on any atom is 0.457 e. The van der Waals surface area contributed by atoms with Gasteiger partial charge in [-0.15, -0.1) is 0 Å². The molecule has 0 heterocycles. The summed E-state index contributed by atoms with van der Waals surface area (Å²) in [5, 5.41) is 8.97. The summed E-state index contributed by atoms with van der Waals surface area (Å²) in [5.74, 6) is 2.81. The molecule has 0 spiro atoms. The second-order valence-electron chi connectivity index (χ2n) is 2.78. The molecule has 0 fully saturated rings. The minimum absolute atomic E-state index is 0.316. The van der Waals surface area contributed by atoms with Crippen LogP contribution >= 0.6 is 0 Å². The van der Waals surface area contributed by atoms with Crippen molar-refractivity contribution < 1.29 is 18.3 Å². The van der Waals surface area contributed by atoms with E-state index in [2.05, 4.69) is 0 Å². The normalized spacial score (nSPS) is 13.3. The Morgan fingerprint density at radius 2 is 1.92 bits per heavy atom. The lowest BCUT2D eigenvalue weighted by molar-refractivity contribution is -0.0700. The van der Waals surface area contributed by atoms with Crippen molar-refractivity contribution in [2.45, 2.75) is 44.9 Å². The van der Waals surface area contributed by atoms with Crippen LogP contribution in [0, 0.1) is 11.8 Å². The van der Waals surface area contributed by atoms with Crippen molar-refractivity contribution in [2.75, 3.05) is 0 Å². The van der Waals surface area contributed by atoms with Crippen molar-refractivity contribution in [3.05, 3.63) is 0 Å². The molecule has 0 saturated heterocycles. The fraction of sp³-hybridized carbons (Fsp3) is 0.778. The van der Waals surface area contributed by atoms with Gasteiger partial charge >= 0.3 is 6.18 Å². The Kier molecular flexibility index (Phi) is 5.56. The lowest BCUT2D eigenvalue weighted by atomic mass is 10.1. The van der Waals surface area contributed by atoms with E-state index in [0.717, 1.165) is 18.8 Å². The summed E-state index contributed by atoms with van der Waals surface area (Å²) < 4.78 is 34.6. The molecule has 1 unspecified atom stereocenters. The first-order valence-corrected chi connectivity index (χ1v) is 4.23. The van der Waals surface area contributed by atoms with Crippen LogP contribution in [0.5, 0.6) is 0 Å². The molecular formula is C9H13F3O. The maximum atomic E-state index is 11.5. The van der Waals surface area contributed by atoms with Gasteiger partial charge in [-0.25, -0.2) is 0 Å². The third-order valence-electron chi connectivity index (χ3n) is 1.46. The first-order chi connectivity index (χ1) is 5.95.